The van der Waals surface area contributed by atoms with Crippen LogP contribution in [0, 0.1) is 5.41 Å². The largest absolute Gasteiger partial charge is 0.299 e. The SMILES string of the molecule is O=C(CCCBr)C1(C(=O)Sc2ccccc2)CC1. The van der Waals surface area contributed by atoms with Crippen molar-refractivity contribution in [1.82, 2.24) is 0 Å². The smallest absolute Gasteiger partial charge is 0.207 e. The number of benzene rings is 1. The predicted octanol–water partition coefficient (Wildman–Crippen LogP) is 3.83. The maximum atomic E-state index is 12.2. The summed E-state index contributed by atoms with van der Waals surface area (Å²) in [7, 11) is 0. The van der Waals surface area contributed by atoms with E-state index in [2.05, 4.69) is 15.9 Å². The van der Waals surface area contributed by atoms with Gasteiger partial charge in [0.25, 0.3) is 0 Å². The Morgan fingerprint density at radius 2 is 1.89 bits per heavy atom. The summed E-state index contributed by atoms with van der Waals surface area (Å²) in [5, 5.41) is 0.836. The standard InChI is InChI=1S/C14H15BrO2S/c15-10-4-7-12(16)14(8-9-14)13(17)18-11-5-2-1-3-6-11/h1-3,5-6H,4,7-10H2. The van der Waals surface area contributed by atoms with E-state index in [1.54, 1.807) is 0 Å². The third-order valence-corrected chi connectivity index (χ3v) is 4.81. The van der Waals surface area contributed by atoms with Gasteiger partial charge in [0.2, 0.25) is 5.12 Å². The number of hydrogen-bond acceptors (Lipinski definition) is 3. The van der Waals surface area contributed by atoms with Gasteiger partial charge in [0.1, 0.15) is 5.78 Å². The van der Waals surface area contributed by atoms with E-state index in [0.717, 1.165) is 29.5 Å². The van der Waals surface area contributed by atoms with Crippen LogP contribution in [-0.4, -0.2) is 16.2 Å². The minimum Gasteiger partial charge on any atom is -0.299 e. The van der Waals surface area contributed by atoms with Gasteiger partial charge in [-0.25, -0.2) is 0 Å². The van der Waals surface area contributed by atoms with Crippen molar-refractivity contribution in [3.8, 4) is 0 Å². The van der Waals surface area contributed by atoms with E-state index in [0.29, 0.717) is 6.42 Å². The highest BCUT2D eigenvalue weighted by Crippen LogP contribution is 2.51. The van der Waals surface area contributed by atoms with Crippen LogP contribution in [0.4, 0.5) is 0 Å². The summed E-state index contributed by atoms with van der Waals surface area (Å²) in [6, 6.07) is 9.54. The highest BCUT2D eigenvalue weighted by atomic mass is 79.9. The number of ketones is 1. The summed E-state index contributed by atoms with van der Waals surface area (Å²) in [6.45, 7) is 0. The summed E-state index contributed by atoms with van der Waals surface area (Å²) in [5.74, 6) is 0.121. The van der Waals surface area contributed by atoms with E-state index in [9.17, 15) is 9.59 Å². The number of carbonyl (C=O) groups is 2. The Kier molecular flexibility index (Phi) is 4.62. The molecule has 96 valence electrons. The second kappa shape index (κ2) is 6.02. The van der Waals surface area contributed by atoms with Crippen LogP contribution < -0.4 is 0 Å². The van der Waals surface area contributed by atoms with Crippen molar-refractivity contribution in [3.63, 3.8) is 0 Å². The van der Waals surface area contributed by atoms with Crippen LogP contribution in [0.15, 0.2) is 35.2 Å². The first-order valence-electron chi connectivity index (χ1n) is 6.06. The summed E-state index contributed by atoms with van der Waals surface area (Å²) in [6.07, 6.45) is 2.77. The number of carbonyl (C=O) groups excluding carboxylic acids is 2. The lowest BCUT2D eigenvalue weighted by molar-refractivity contribution is -0.130. The molecule has 0 spiro atoms. The number of halogens is 1. The van der Waals surface area contributed by atoms with Gasteiger partial charge in [-0.2, -0.15) is 0 Å². The molecule has 18 heavy (non-hydrogen) atoms. The van der Waals surface area contributed by atoms with Crippen LogP contribution in [0.1, 0.15) is 25.7 Å². The summed E-state index contributed by atoms with van der Waals surface area (Å²) >= 11 is 4.52. The molecule has 0 saturated heterocycles. The van der Waals surface area contributed by atoms with Gasteiger partial charge in [-0.05, 0) is 31.4 Å². The van der Waals surface area contributed by atoms with Crippen LogP contribution in [0.3, 0.4) is 0 Å². The minimum atomic E-state index is -0.664. The van der Waals surface area contributed by atoms with Gasteiger partial charge >= 0.3 is 0 Å². The Balaban J connectivity index is 1.98. The highest BCUT2D eigenvalue weighted by molar-refractivity contribution is 9.09. The Labute approximate surface area is 120 Å². The first kappa shape index (κ1) is 13.8. The molecule has 2 rings (SSSR count). The van der Waals surface area contributed by atoms with Crippen molar-refractivity contribution in [1.29, 1.82) is 0 Å². The van der Waals surface area contributed by atoms with Crippen molar-refractivity contribution in [2.24, 2.45) is 5.41 Å². The van der Waals surface area contributed by atoms with Crippen molar-refractivity contribution in [3.05, 3.63) is 30.3 Å². The first-order chi connectivity index (χ1) is 8.69. The topological polar surface area (TPSA) is 34.1 Å². The van der Waals surface area contributed by atoms with Crippen LogP contribution in [0.2, 0.25) is 0 Å². The normalized spacial score (nSPS) is 16.3. The zero-order chi connectivity index (χ0) is 13.0. The van der Waals surface area contributed by atoms with E-state index in [1.165, 1.54) is 11.8 Å². The number of alkyl halides is 1. The van der Waals surface area contributed by atoms with E-state index in [1.807, 2.05) is 30.3 Å². The molecular weight excluding hydrogens is 312 g/mol. The fourth-order valence-electron chi connectivity index (χ4n) is 1.88. The number of rotatable bonds is 6. The van der Waals surface area contributed by atoms with Gasteiger partial charge in [-0.3, -0.25) is 9.59 Å². The molecule has 0 amide bonds. The molecule has 1 fully saturated rings. The Morgan fingerprint density at radius 3 is 2.44 bits per heavy atom. The van der Waals surface area contributed by atoms with Gasteiger partial charge in [0, 0.05) is 16.6 Å². The molecule has 0 unspecified atom stereocenters. The quantitative estimate of drug-likeness (QED) is 0.452. The summed E-state index contributed by atoms with van der Waals surface area (Å²) in [4.78, 5) is 25.2. The predicted molar refractivity (Wildman–Crippen MR) is 77.0 cm³/mol. The van der Waals surface area contributed by atoms with Crippen LogP contribution in [0.25, 0.3) is 0 Å². The zero-order valence-electron chi connectivity index (χ0n) is 10.0. The second-order valence-corrected chi connectivity index (χ2v) is 6.34. The maximum Gasteiger partial charge on any atom is 0.207 e. The van der Waals surface area contributed by atoms with Crippen LogP contribution in [0.5, 0.6) is 0 Å². The third-order valence-electron chi connectivity index (χ3n) is 3.17. The monoisotopic (exact) mass is 326 g/mol. The van der Waals surface area contributed by atoms with Crippen molar-refractivity contribution in [2.75, 3.05) is 5.33 Å². The molecule has 1 aliphatic carbocycles. The Bertz CT molecular complexity index is 440. The van der Waals surface area contributed by atoms with Gasteiger partial charge in [0.15, 0.2) is 0 Å². The maximum absolute atomic E-state index is 12.2. The molecule has 0 N–H and O–H groups in total. The van der Waals surface area contributed by atoms with E-state index >= 15 is 0 Å². The number of Topliss-reactive ketones (excluding diaryl/α,β-unsaturated/α-hetero) is 1. The van der Waals surface area contributed by atoms with Crippen molar-refractivity contribution < 1.29 is 9.59 Å². The lowest BCUT2D eigenvalue weighted by Gasteiger charge is -2.11. The molecule has 0 aliphatic heterocycles. The van der Waals surface area contributed by atoms with Gasteiger partial charge < -0.3 is 0 Å². The average molecular weight is 327 g/mol. The number of thioether (sulfide) groups is 1. The zero-order valence-corrected chi connectivity index (χ0v) is 12.4. The van der Waals surface area contributed by atoms with E-state index in [4.69, 9.17) is 0 Å². The Morgan fingerprint density at radius 1 is 1.22 bits per heavy atom. The second-order valence-electron chi connectivity index (χ2n) is 4.50. The van der Waals surface area contributed by atoms with Crippen molar-refractivity contribution in [2.45, 2.75) is 30.6 Å². The molecule has 0 bridgehead atoms. The van der Waals surface area contributed by atoms with Gasteiger partial charge in [-0.1, -0.05) is 45.9 Å². The molecule has 0 atom stereocenters. The van der Waals surface area contributed by atoms with Gasteiger partial charge in [-0.15, -0.1) is 0 Å². The minimum absolute atomic E-state index is 0.0215. The van der Waals surface area contributed by atoms with Crippen LogP contribution in [-0.2, 0) is 9.59 Å². The lowest BCUT2D eigenvalue weighted by Crippen LogP contribution is -2.23. The van der Waals surface area contributed by atoms with E-state index in [-0.39, 0.29) is 10.9 Å². The van der Waals surface area contributed by atoms with Crippen LogP contribution >= 0.6 is 27.7 Å². The number of hydrogen-bond donors (Lipinski definition) is 0. The average Bonchev–Trinajstić information content (AvgIpc) is 3.18. The fraction of sp³-hybridized carbons (Fsp3) is 0.429. The molecule has 0 radical (unpaired) electrons. The molecule has 1 aliphatic rings. The molecule has 4 heteroatoms. The molecule has 1 aromatic rings. The lowest BCUT2D eigenvalue weighted by atomic mass is 9.99. The fourth-order valence-corrected chi connectivity index (χ4v) is 3.18. The van der Waals surface area contributed by atoms with Gasteiger partial charge in [0.05, 0.1) is 5.41 Å². The summed E-state index contributed by atoms with van der Waals surface area (Å²) < 4.78 is 0. The highest BCUT2D eigenvalue weighted by Gasteiger charge is 2.55. The van der Waals surface area contributed by atoms with Crippen molar-refractivity contribution >= 4 is 38.6 Å². The molecule has 2 nitrogen and oxygen atoms in total. The Hall–Kier alpha value is -0.610. The molecule has 1 saturated carbocycles. The molecule has 0 aromatic heterocycles. The third kappa shape index (κ3) is 3.04. The first-order valence-corrected chi connectivity index (χ1v) is 7.99. The molecule has 0 heterocycles. The molecular formula is C14H15BrO2S. The van der Waals surface area contributed by atoms with E-state index < -0.39 is 5.41 Å². The summed E-state index contributed by atoms with van der Waals surface area (Å²) in [5.41, 5.74) is -0.664. The molecule has 1 aromatic carbocycles.